The predicted molar refractivity (Wildman–Crippen MR) is 124 cm³/mol. The Labute approximate surface area is 196 Å². The van der Waals surface area contributed by atoms with Gasteiger partial charge < -0.3 is 14.8 Å². The molecule has 180 valence electrons. The largest absolute Gasteiger partial charge is 0.341 e. The van der Waals surface area contributed by atoms with E-state index in [4.69, 9.17) is 0 Å². The van der Waals surface area contributed by atoms with E-state index in [1.165, 1.54) is 6.20 Å². The third kappa shape index (κ3) is 5.11. The quantitative estimate of drug-likeness (QED) is 0.573. The number of para-hydroxylation sites is 1. The molecule has 4 rings (SSSR count). The number of hydrogen-bond donors (Lipinski definition) is 1. The van der Waals surface area contributed by atoms with Gasteiger partial charge in [0.15, 0.2) is 9.84 Å². The van der Waals surface area contributed by atoms with Crippen molar-refractivity contribution in [2.75, 3.05) is 24.2 Å². The number of aromatic nitrogens is 1. The smallest absolute Gasteiger partial charge is 0.242 e. The molecule has 0 radical (unpaired) electrons. The van der Waals surface area contributed by atoms with Gasteiger partial charge in [-0.2, -0.15) is 0 Å². The summed E-state index contributed by atoms with van der Waals surface area (Å²) in [6.07, 6.45) is 3.24. The van der Waals surface area contributed by atoms with Crippen LogP contribution in [0.25, 0.3) is 10.9 Å². The Morgan fingerprint density at radius 3 is 2.50 bits per heavy atom. The fourth-order valence-corrected chi connectivity index (χ4v) is 5.49. The second-order valence-corrected chi connectivity index (χ2v) is 10.6. The summed E-state index contributed by atoms with van der Waals surface area (Å²) in [6.45, 7) is 3.48. The zero-order valence-corrected chi connectivity index (χ0v) is 19.4. The summed E-state index contributed by atoms with van der Waals surface area (Å²) in [4.78, 5) is 26.9. The molecule has 0 saturated carbocycles. The highest BCUT2D eigenvalue weighted by molar-refractivity contribution is 7.92. The lowest BCUT2D eigenvalue weighted by Crippen LogP contribution is -2.39. The number of amides is 2. The molecule has 34 heavy (non-hydrogen) atoms. The van der Waals surface area contributed by atoms with Crippen LogP contribution in [0.1, 0.15) is 19.8 Å². The molecule has 1 fully saturated rings. The SMILES string of the molecule is CC1CCN(C(=O)Cn2cc(S(=O)(=O)CC(=O)Nc3ccc(F)cc3F)c3ccccc32)CC1. The average molecular weight is 490 g/mol. The molecule has 1 N–H and O–H groups in total. The summed E-state index contributed by atoms with van der Waals surface area (Å²) >= 11 is 0. The number of nitrogens with one attached hydrogen (secondary N) is 1. The highest BCUT2D eigenvalue weighted by Crippen LogP contribution is 2.27. The first kappa shape index (κ1) is 23.9. The Hall–Kier alpha value is -3.27. The number of carbonyl (C=O) groups excluding carboxylic acids is 2. The molecule has 1 saturated heterocycles. The third-order valence-electron chi connectivity index (χ3n) is 6.06. The second-order valence-electron chi connectivity index (χ2n) is 8.63. The van der Waals surface area contributed by atoms with Crippen LogP contribution in [0, 0.1) is 17.6 Å². The zero-order valence-electron chi connectivity index (χ0n) is 18.6. The molecule has 0 spiro atoms. The lowest BCUT2D eigenvalue weighted by molar-refractivity contribution is -0.133. The number of piperidine rings is 1. The highest BCUT2D eigenvalue weighted by atomic mass is 32.2. The number of sulfone groups is 1. The molecule has 3 aromatic rings. The Kier molecular flexibility index (Phi) is 6.70. The van der Waals surface area contributed by atoms with Crippen LogP contribution in [0.2, 0.25) is 0 Å². The van der Waals surface area contributed by atoms with E-state index in [2.05, 4.69) is 12.2 Å². The van der Waals surface area contributed by atoms with Crippen LogP contribution < -0.4 is 5.32 Å². The van der Waals surface area contributed by atoms with Crippen LogP contribution in [0.15, 0.2) is 53.6 Å². The van der Waals surface area contributed by atoms with E-state index in [0.29, 0.717) is 36.0 Å². The standard InChI is InChI=1S/C24H25F2N3O4S/c1-16-8-10-28(11-9-16)24(31)14-29-13-22(18-4-2-3-5-21(18)29)34(32,33)15-23(30)27-20-7-6-17(25)12-19(20)26/h2-7,12-13,16H,8-11,14-15H2,1H3,(H,27,30). The van der Waals surface area contributed by atoms with Gasteiger partial charge in [-0.05, 0) is 37.0 Å². The van der Waals surface area contributed by atoms with Crippen molar-refractivity contribution in [1.82, 2.24) is 9.47 Å². The van der Waals surface area contributed by atoms with Gasteiger partial charge in [0.2, 0.25) is 11.8 Å². The van der Waals surface area contributed by atoms with Crippen LogP contribution in [-0.4, -0.2) is 48.5 Å². The first-order valence-corrected chi connectivity index (χ1v) is 12.6. The van der Waals surface area contributed by atoms with E-state index in [1.54, 1.807) is 33.7 Å². The maximum Gasteiger partial charge on any atom is 0.242 e. The number of benzene rings is 2. The van der Waals surface area contributed by atoms with E-state index < -0.39 is 33.1 Å². The van der Waals surface area contributed by atoms with Gasteiger partial charge in [0.25, 0.3) is 0 Å². The van der Waals surface area contributed by atoms with E-state index in [-0.39, 0.29) is 23.0 Å². The molecule has 0 bridgehead atoms. The van der Waals surface area contributed by atoms with Crippen LogP contribution in [0.3, 0.4) is 0 Å². The normalized spacial score (nSPS) is 15.0. The molecule has 1 aromatic heterocycles. The van der Waals surface area contributed by atoms with Crippen molar-refractivity contribution in [1.29, 1.82) is 0 Å². The topological polar surface area (TPSA) is 88.5 Å². The fourth-order valence-electron chi connectivity index (χ4n) is 4.12. The maximum atomic E-state index is 13.8. The first-order valence-electron chi connectivity index (χ1n) is 11.0. The Morgan fingerprint density at radius 1 is 1.09 bits per heavy atom. The zero-order chi connectivity index (χ0) is 24.5. The number of carbonyl (C=O) groups is 2. The molecule has 10 heteroatoms. The van der Waals surface area contributed by atoms with Gasteiger partial charge in [0, 0.05) is 36.3 Å². The van der Waals surface area contributed by atoms with Crippen molar-refractivity contribution >= 4 is 38.2 Å². The molecule has 1 aliphatic rings. The van der Waals surface area contributed by atoms with Crippen molar-refractivity contribution in [3.05, 3.63) is 60.3 Å². The summed E-state index contributed by atoms with van der Waals surface area (Å²) in [7, 11) is -4.13. The van der Waals surface area contributed by atoms with Crippen LogP contribution in [0.4, 0.5) is 14.5 Å². The maximum absolute atomic E-state index is 13.8. The first-order chi connectivity index (χ1) is 16.1. The van der Waals surface area contributed by atoms with Gasteiger partial charge in [-0.25, -0.2) is 17.2 Å². The molecule has 0 atom stereocenters. The number of halogens is 2. The number of likely N-dealkylation sites (tertiary alicyclic amines) is 1. The third-order valence-corrected chi connectivity index (χ3v) is 7.69. The van der Waals surface area contributed by atoms with Crippen molar-refractivity contribution < 1.29 is 26.8 Å². The Morgan fingerprint density at radius 2 is 1.79 bits per heavy atom. The van der Waals surface area contributed by atoms with Crippen molar-refractivity contribution in [2.45, 2.75) is 31.2 Å². The molecule has 1 aliphatic heterocycles. The Balaban J connectivity index is 1.56. The molecular weight excluding hydrogens is 464 g/mol. The molecule has 0 aliphatic carbocycles. The number of fused-ring (bicyclic) bond motifs is 1. The summed E-state index contributed by atoms with van der Waals surface area (Å²) in [5, 5.41) is 2.56. The van der Waals surface area contributed by atoms with Gasteiger partial charge in [0.05, 0.1) is 10.6 Å². The van der Waals surface area contributed by atoms with E-state index >= 15 is 0 Å². The molecule has 2 amide bonds. The molecule has 2 aromatic carbocycles. The van der Waals surface area contributed by atoms with Gasteiger partial charge in [0.1, 0.15) is 23.9 Å². The number of hydrogen-bond acceptors (Lipinski definition) is 4. The van der Waals surface area contributed by atoms with Crippen LogP contribution in [-0.2, 0) is 26.0 Å². The molecule has 0 unspecified atom stereocenters. The lowest BCUT2D eigenvalue weighted by Gasteiger charge is -2.30. The predicted octanol–water partition coefficient (Wildman–Crippen LogP) is 3.59. The number of rotatable bonds is 6. The minimum atomic E-state index is -4.13. The highest BCUT2D eigenvalue weighted by Gasteiger charge is 2.26. The Bertz CT molecular complexity index is 1350. The van der Waals surface area contributed by atoms with E-state index in [1.807, 2.05) is 0 Å². The molecule has 2 heterocycles. The fraction of sp³-hybridized carbons (Fsp3) is 0.333. The van der Waals surface area contributed by atoms with Crippen molar-refractivity contribution in [3.63, 3.8) is 0 Å². The molecule has 7 nitrogen and oxygen atoms in total. The minimum Gasteiger partial charge on any atom is -0.341 e. The second kappa shape index (κ2) is 9.54. The summed E-state index contributed by atoms with van der Waals surface area (Å²) < 4.78 is 54.7. The van der Waals surface area contributed by atoms with Gasteiger partial charge in [-0.3, -0.25) is 9.59 Å². The van der Waals surface area contributed by atoms with Gasteiger partial charge in [-0.15, -0.1) is 0 Å². The summed E-state index contributed by atoms with van der Waals surface area (Å²) in [5.41, 5.74) is 0.246. The number of nitrogens with zero attached hydrogens (tertiary/aromatic N) is 2. The van der Waals surface area contributed by atoms with Crippen molar-refractivity contribution in [2.24, 2.45) is 5.92 Å². The van der Waals surface area contributed by atoms with E-state index in [0.717, 1.165) is 25.0 Å². The number of anilines is 1. The lowest BCUT2D eigenvalue weighted by atomic mass is 9.99. The van der Waals surface area contributed by atoms with Crippen LogP contribution in [0.5, 0.6) is 0 Å². The van der Waals surface area contributed by atoms with E-state index in [9.17, 15) is 26.8 Å². The van der Waals surface area contributed by atoms with Crippen molar-refractivity contribution in [3.8, 4) is 0 Å². The van der Waals surface area contributed by atoms with Gasteiger partial charge >= 0.3 is 0 Å². The minimum absolute atomic E-state index is 0.0165. The summed E-state index contributed by atoms with van der Waals surface area (Å²) in [5.74, 6) is -3.24. The monoisotopic (exact) mass is 489 g/mol. The van der Waals surface area contributed by atoms with Gasteiger partial charge in [-0.1, -0.05) is 25.1 Å². The molecular formula is C24H25F2N3O4S. The summed E-state index contributed by atoms with van der Waals surface area (Å²) in [6, 6.07) is 9.32. The average Bonchev–Trinajstić information content (AvgIpc) is 3.15. The van der Waals surface area contributed by atoms with Crippen LogP contribution >= 0.6 is 0 Å².